The number of carbonyl (C=O) groups is 1. The Morgan fingerprint density at radius 2 is 1.85 bits per heavy atom. The Balaban J connectivity index is 1.77. The van der Waals surface area contributed by atoms with Gasteiger partial charge >= 0.3 is 0 Å². The number of amides is 1. The van der Waals surface area contributed by atoms with E-state index in [1.807, 2.05) is 55.4 Å². The van der Waals surface area contributed by atoms with Crippen molar-refractivity contribution >= 4 is 23.2 Å². The van der Waals surface area contributed by atoms with E-state index in [1.165, 1.54) is 0 Å². The number of aromatic nitrogens is 1. The van der Waals surface area contributed by atoms with Gasteiger partial charge in [0.1, 0.15) is 0 Å². The molecule has 1 fully saturated rings. The van der Waals surface area contributed by atoms with Crippen LogP contribution in [-0.2, 0) is 4.79 Å². The lowest BCUT2D eigenvalue weighted by molar-refractivity contribution is -0.137. The number of likely N-dealkylation sites (tertiary alicyclic amines) is 1. The molecule has 1 aromatic carbocycles. The summed E-state index contributed by atoms with van der Waals surface area (Å²) in [6.45, 7) is 1.62. The summed E-state index contributed by atoms with van der Waals surface area (Å²) in [5.41, 5.74) is 1.95. The summed E-state index contributed by atoms with van der Waals surface area (Å²) in [7, 11) is 3.73. The quantitative estimate of drug-likeness (QED) is 0.824. The number of nitrogens with one attached hydrogen (secondary N) is 1. The smallest absolute Gasteiger partial charge is 0.226 e. The summed E-state index contributed by atoms with van der Waals surface area (Å²) in [5.74, 6) is 0.186. The van der Waals surface area contributed by atoms with E-state index in [0.717, 1.165) is 42.3 Å². The predicted octanol–water partition coefficient (Wildman–Crippen LogP) is 2.85. The summed E-state index contributed by atoms with van der Waals surface area (Å²) in [4.78, 5) is 21.8. The number of carbonyl (C=O) groups excluding carboxylic acids is 1. The predicted molar refractivity (Wildman–Crippen MR) is 111 cm³/mol. The third-order valence-corrected chi connectivity index (χ3v) is 5.63. The lowest BCUT2D eigenvalue weighted by Gasteiger charge is -2.36. The highest BCUT2D eigenvalue weighted by atomic mass is 32.1. The van der Waals surface area contributed by atoms with Gasteiger partial charge in [0.25, 0.3) is 0 Å². The molecule has 1 saturated heterocycles. The zero-order valence-corrected chi connectivity index (χ0v) is 16.7. The number of nitrogens with zero attached hydrogens (tertiary/aromatic N) is 3. The number of hydrogen-bond donors (Lipinski definition) is 1. The van der Waals surface area contributed by atoms with E-state index in [-0.39, 0.29) is 17.9 Å². The Kier molecular flexibility index (Phi) is 6.40. The second-order valence-corrected chi connectivity index (χ2v) is 7.22. The van der Waals surface area contributed by atoms with Crippen LogP contribution in [0, 0.1) is 5.92 Å². The van der Waals surface area contributed by atoms with E-state index in [0.29, 0.717) is 0 Å². The van der Waals surface area contributed by atoms with Crippen LogP contribution in [0.4, 0.5) is 0 Å². The summed E-state index contributed by atoms with van der Waals surface area (Å²) in [6.07, 6.45) is 3.41. The summed E-state index contributed by atoms with van der Waals surface area (Å²) < 4.78 is 0. The summed E-state index contributed by atoms with van der Waals surface area (Å²) >= 11 is 5.31. The molecule has 2 aromatic rings. The molecule has 27 heavy (non-hydrogen) atoms. The second-order valence-electron chi connectivity index (χ2n) is 6.83. The standard InChI is InChI=1S/C21H26N4OS/c1-22-21(27)25-14-11-17(12-15-25)20(26)24(2)19(16-8-4-3-5-9-16)18-10-6-7-13-23-18/h3-10,13,17,19H,11-12,14-15H2,1-2H3,(H,22,27). The first-order valence-electron chi connectivity index (χ1n) is 9.31. The Bertz CT molecular complexity index is 721. The van der Waals surface area contributed by atoms with Crippen LogP contribution in [0.1, 0.15) is 30.1 Å². The molecular weight excluding hydrogens is 356 g/mol. The number of hydrogen-bond acceptors (Lipinski definition) is 3. The first kappa shape index (κ1) is 19.3. The van der Waals surface area contributed by atoms with Crippen molar-refractivity contribution in [2.75, 3.05) is 27.2 Å². The van der Waals surface area contributed by atoms with Crippen LogP contribution in [0.3, 0.4) is 0 Å². The lowest BCUT2D eigenvalue weighted by Crippen LogP contribution is -2.46. The van der Waals surface area contributed by atoms with Crippen LogP contribution in [0.2, 0.25) is 0 Å². The van der Waals surface area contributed by atoms with E-state index in [9.17, 15) is 4.79 Å². The SMILES string of the molecule is CNC(=S)N1CCC(C(=O)N(C)C(c2ccccc2)c2ccccn2)CC1. The van der Waals surface area contributed by atoms with E-state index >= 15 is 0 Å². The largest absolute Gasteiger partial charge is 0.366 e. The van der Waals surface area contributed by atoms with Gasteiger partial charge in [0, 0.05) is 39.3 Å². The zero-order valence-electron chi connectivity index (χ0n) is 15.8. The molecule has 1 amide bonds. The fourth-order valence-corrected chi connectivity index (χ4v) is 3.85. The van der Waals surface area contributed by atoms with E-state index in [2.05, 4.69) is 27.3 Å². The molecule has 0 spiro atoms. The average Bonchev–Trinajstić information content (AvgIpc) is 2.74. The fourth-order valence-electron chi connectivity index (χ4n) is 3.67. The Morgan fingerprint density at radius 1 is 1.19 bits per heavy atom. The average molecular weight is 383 g/mol. The highest BCUT2D eigenvalue weighted by Gasteiger charge is 2.32. The number of benzene rings is 1. The molecule has 6 heteroatoms. The molecule has 1 unspecified atom stereocenters. The maximum atomic E-state index is 13.3. The van der Waals surface area contributed by atoms with E-state index in [1.54, 1.807) is 6.20 Å². The molecule has 3 rings (SSSR count). The van der Waals surface area contributed by atoms with Gasteiger partial charge in [-0.2, -0.15) is 0 Å². The van der Waals surface area contributed by atoms with Crippen molar-refractivity contribution < 1.29 is 4.79 Å². The maximum absolute atomic E-state index is 13.3. The third-order valence-electron chi connectivity index (χ3n) is 5.16. The monoisotopic (exact) mass is 382 g/mol. The Morgan fingerprint density at radius 3 is 2.44 bits per heavy atom. The number of piperidine rings is 1. The van der Waals surface area contributed by atoms with Crippen molar-refractivity contribution in [1.29, 1.82) is 0 Å². The molecule has 1 aromatic heterocycles. The highest BCUT2D eigenvalue weighted by molar-refractivity contribution is 7.80. The van der Waals surface area contributed by atoms with Crippen molar-refractivity contribution in [2.24, 2.45) is 5.92 Å². The molecule has 142 valence electrons. The topological polar surface area (TPSA) is 48.5 Å². The molecule has 0 saturated carbocycles. The van der Waals surface area contributed by atoms with Crippen LogP contribution in [0.25, 0.3) is 0 Å². The molecule has 0 bridgehead atoms. The van der Waals surface area contributed by atoms with Crippen molar-refractivity contribution in [3.63, 3.8) is 0 Å². The summed E-state index contributed by atoms with van der Waals surface area (Å²) in [6, 6.07) is 15.8. The molecule has 0 radical (unpaired) electrons. The molecule has 1 atom stereocenters. The lowest BCUT2D eigenvalue weighted by atomic mass is 9.93. The van der Waals surface area contributed by atoms with Crippen molar-refractivity contribution in [3.8, 4) is 0 Å². The molecule has 5 nitrogen and oxygen atoms in total. The van der Waals surface area contributed by atoms with Crippen molar-refractivity contribution in [1.82, 2.24) is 20.1 Å². The molecule has 1 N–H and O–H groups in total. The van der Waals surface area contributed by atoms with Gasteiger partial charge in [0.2, 0.25) is 5.91 Å². The minimum atomic E-state index is -0.184. The van der Waals surface area contributed by atoms with Gasteiger partial charge in [0.15, 0.2) is 5.11 Å². The normalized spacial score (nSPS) is 15.9. The van der Waals surface area contributed by atoms with Crippen LogP contribution in [0.15, 0.2) is 54.7 Å². The van der Waals surface area contributed by atoms with Crippen LogP contribution in [-0.4, -0.2) is 53.0 Å². The van der Waals surface area contributed by atoms with Crippen LogP contribution < -0.4 is 5.32 Å². The summed E-state index contributed by atoms with van der Waals surface area (Å²) in [5, 5.41) is 3.77. The van der Waals surface area contributed by atoms with Gasteiger partial charge in [-0.1, -0.05) is 36.4 Å². The Labute approximate surface area is 166 Å². The number of pyridine rings is 1. The van der Waals surface area contributed by atoms with Crippen LogP contribution >= 0.6 is 12.2 Å². The van der Waals surface area contributed by atoms with Gasteiger partial charge in [0.05, 0.1) is 11.7 Å². The molecule has 1 aliphatic rings. The molecular formula is C21H26N4OS. The Hall–Kier alpha value is -2.47. The first-order chi connectivity index (χ1) is 13.1. The first-order valence-corrected chi connectivity index (χ1v) is 9.72. The fraction of sp³-hybridized carbons (Fsp3) is 0.381. The number of thiocarbonyl (C=S) groups is 1. The van der Waals surface area contributed by atoms with Crippen molar-refractivity contribution in [3.05, 3.63) is 66.0 Å². The van der Waals surface area contributed by atoms with E-state index in [4.69, 9.17) is 12.2 Å². The maximum Gasteiger partial charge on any atom is 0.226 e. The second kappa shape index (κ2) is 8.95. The van der Waals surface area contributed by atoms with E-state index < -0.39 is 0 Å². The molecule has 2 heterocycles. The van der Waals surface area contributed by atoms with Crippen molar-refractivity contribution in [2.45, 2.75) is 18.9 Å². The van der Waals surface area contributed by atoms with Gasteiger partial charge in [-0.3, -0.25) is 9.78 Å². The molecule has 0 aliphatic carbocycles. The number of rotatable bonds is 4. The highest BCUT2D eigenvalue weighted by Crippen LogP contribution is 2.29. The zero-order chi connectivity index (χ0) is 19.2. The van der Waals surface area contributed by atoms with Gasteiger partial charge < -0.3 is 15.1 Å². The minimum Gasteiger partial charge on any atom is -0.366 e. The third kappa shape index (κ3) is 4.45. The minimum absolute atomic E-state index is 0.0147. The van der Waals surface area contributed by atoms with Gasteiger partial charge in [-0.05, 0) is 42.8 Å². The van der Waals surface area contributed by atoms with Gasteiger partial charge in [-0.25, -0.2) is 0 Å². The van der Waals surface area contributed by atoms with Crippen LogP contribution in [0.5, 0.6) is 0 Å². The molecule has 1 aliphatic heterocycles. The van der Waals surface area contributed by atoms with Gasteiger partial charge in [-0.15, -0.1) is 0 Å².